The number of aromatic nitrogens is 3. The van der Waals surface area contributed by atoms with Gasteiger partial charge in [0, 0.05) is 11.5 Å². The van der Waals surface area contributed by atoms with Crippen molar-refractivity contribution in [3.05, 3.63) is 41.5 Å². The van der Waals surface area contributed by atoms with Crippen LogP contribution in [-0.4, -0.2) is 26.2 Å². The third-order valence-corrected chi connectivity index (χ3v) is 3.77. The first kappa shape index (κ1) is 14.7. The molecule has 2 aromatic rings. The number of hydrogen-bond acceptors (Lipinski definition) is 4. The van der Waals surface area contributed by atoms with Crippen LogP contribution < -0.4 is 0 Å². The molecule has 0 fully saturated rings. The summed E-state index contributed by atoms with van der Waals surface area (Å²) in [7, 11) is 0. The van der Waals surface area contributed by atoms with Crippen LogP contribution in [0.2, 0.25) is 0 Å². The zero-order chi connectivity index (χ0) is 14.7. The van der Waals surface area contributed by atoms with E-state index in [1.807, 2.05) is 13.8 Å². The minimum atomic E-state index is -0.350. The van der Waals surface area contributed by atoms with E-state index >= 15 is 0 Å². The minimum Gasteiger partial charge on any atom is -0.293 e. The van der Waals surface area contributed by atoms with Crippen LogP contribution in [0.4, 0.5) is 4.39 Å². The van der Waals surface area contributed by atoms with E-state index in [1.54, 1.807) is 6.92 Å². The zero-order valence-electron chi connectivity index (χ0n) is 11.6. The molecule has 1 aromatic carbocycles. The number of aromatic amines is 1. The lowest BCUT2D eigenvalue weighted by atomic mass is 10.1. The molecule has 1 aromatic heterocycles. The Morgan fingerprint density at radius 2 is 1.90 bits per heavy atom. The molecule has 1 atom stereocenters. The molecule has 1 unspecified atom stereocenters. The second-order valence-electron chi connectivity index (χ2n) is 4.79. The van der Waals surface area contributed by atoms with Crippen LogP contribution in [0.25, 0.3) is 0 Å². The average molecular weight is 293 g/mol. The molecule has 20 heavy (non-hydrogen) atoms. The summed E-state index contributed by atoms with van der Waals surface area (Å²) in [5.41, 5.74) is 0.492. The number of nitrogens with one attached hydrogen (secondary N) is 1. The van der Waals surface area contributed by atoms with Gasteiger partial charge in [0.15, 0.2) is 5.78 Å². The van der Waals surface area contributed by atoms with Crippen LogP contribution >= 0.6 is 11.8 Å². The van der Waals surface area contributed by atoms with Crippen LogP contribution in [0, 0.1) is 5.82 Å². The molecule has 0 aliphatic carbocycles. The number of benzene rings is 1. The molecule has 106 valence electrons. The number of carbonyl (C=O) groups is 1. The SMILES string of the molecule is CC(Sc1n[nH]c(C(C)C)n1)C(=O)c1ccc(F)cc1. The van der Waals surface area contributed by atoms with Crippen LogP contribution in [0.3, 0.4) is 0 Å². The Morgan fingerprint density at radius 3 is 2.45 bits per heavy atom. The molecule has 0 aliphatic rings. The number of halogens is 1. The van der Waals surface area contributed by atoms with E-state index in [4.69, 9.17) is 0 Å². The molecule has 1 heterocycles. The predicted octanol–water partition coefficient (Wildman–Crippen LogP) is 3.43. The number of H-pyrrole nitrogens is 1. The Labute approximate surface area is 121 Å². The zero-order valence-corrected chi connectivity index (χ0v) is 12.4. The molecule has 6 heteroatoms. The van der Waals surface area contributed by atoms with Crippen molar-refractivity contribution in [2.75, 3.05) is 0 Å². The molecule has 0 aliphatic heterocycles. The summed E-state index contributed by atoms with van der Waals surface area (Å²) >= 11 is 1.29. The number of hydrogen-bond donors (Lipinski definition) is 1. The first-order valence-corrected chi connectivity index (χ1v) is 7.24. The second-order valence-corrected chi connectivity index (χ2v) is 6.10. The minimum absolute atomic E-state index is 0.0640. The maximum absolute atomic E-state index is 12.8. The maximum atomic E-state index is 12.8. The molecule has 0 bridgehead atoms. The number of carbonyl (C=O) groups excluding carboxylic acids is 1. The largest absolute Gasteiger partial charge is 0.293 e. The van der Waals surface area contributed by atoms with E-state index in [-0.39, 0.29) is 22.8 Å². The molecule has 0 saturated carbocycles. The molecule has 4 nitrogen and oxygen atoms in total. The van der Waals surface area contributed by atoms with Crippen molar-refractivity contribution >= 4 is 17.5 Å². The highest BCUT2D eigenvalue weighted by Crippen LogP contribution is 2.23. The topological polar surface area (TPSA) is 58.6 Å². The van der Waals surface area contributed by atoms with Gasteiger partial charge < -0.3 is 0 Å². The number of nitrogens with zero attached hydrogens (tertiary/aromatic N) is 2. The summed E-state index contributed by atoms with van der Waals surface area (Å²) in [6, 6.07) is 5.56. The van der Waals surface area contributed by atoms with Gasteiger partial charge in [-0.3, -0.25) is 9.89 Å². The number of rotatable bonds is 5. The van der Waals surface area contributed by atoms with E-state index in [0.717, 1.165) is 5.82 Å². The Kier molecular flexibility index (Phi) is 4.54. The molecule has 2 rings (SSSR count). The van der Waals surface area contributed by atoms with E-state index in [2.05, 4.69) is 15.2 Å². The van der Waals surface area contributed by atoms with Gasteiger partial charge in [0.25, 0.3) is 0 Å². The van der Waals surface area contributed by atoms with Gasteiger partial charge in [-0.1, -0.05) is 25.6 Å². The van der Waals surface area contributed by atoms with Gasteiger partial charge in [-0.25, -0.2) is 9.37 Å². The van der Waals surface area contributed by atoms with Crippen molar-refractivity contribution in [2.45, 2.75) is 37.1 Å². The van der Waals surface area contributed by atoms with Gasteiger partial charge >= 0.3 is 0 Å². The van der Waals surface area contributed by atoms with Crippen molar-refractivity contribution in [3.63, 3.8) is 0 Å². The van der Waals surface area contributed by atoms with Crippen molar-refractivity contribution < 1.29 is 9.18 Å². The van der Waals surface area contributed by atoms with Crippen LogP contribution in [0.1, 0.15) is 42.9 Å². The van der Waals surface area contributed by atoms with Gasteiger partial charge in [-0.05, 0) is 31.2 Å². The Bertz CT molecular complexity index is 595. The number of Topliss-reactive ketones (excluding diaryl/α,β-unsaturated/α-hetero) is 1. The molecule has 1 N–H and O–H groups in total. The third kappa shape index (κ3) is 3.45. The number of ketones is 1. The van der Waals surface area contributed by atoms with Crippen molar-refractivity contribution in [2.24, 2.45) is 0 Å². The van der Waals surface area contributed by atoms with Gasteiger partial charge in [0.05, 0.1) is 5.25 Å². The van der Waals surface area contributed by atoms with Gasteiger partial charge in [-0.15, -0.1) is 5.10 Å². The van der Waals surface area contributed by atoms with Crippen molar-refractivity contribution in [1.82, 2.24) is 15.2 Å². The molecule has 0 spiro atoms. The lowest BCUT2D eigenvalue weighted by Gasteiger charge is -2.07. The summed E-state index contributed by atoms with van der Waals surface area (Å²) in [4.78, 5) is 16.5. The van der Waals surface area contributed by atoms with E-state index in [9.17, 15) is 9.18 Å². The molecule has 0 amide bonds. The summed E-state index contributed by atoms with van der Waals surface area (Å²) in [6.45, 7) is 5.83. The Balaban J connectivity index is 2.05. The fourth-order valence-corrected chi connectivity index (χ4v) is 2.44. The smallest absolute Gasteiger partial charge is 0.209 e. The molecular formula is C14H16FN3OS. The summed E-state index contributed by atoms with van der Waals surface area (Å²) in [5, 5.41) is 7.17. The third-order valence-electron chi connectivity index (χ3n) is 2.81. The van der Waals surface area contributed by atoms with E-state index < -0.39 is 0 Å². The average Bonchev–Trinajstić information content (AvgIpc) is 2.87. The molecule has 0 saturated heterocycles. The van der Waals surface area contributed by atoms with E-state index in [1.165, 1.54) is 36.0 Å². The fourth-order valence-electron chi connectivity index (χ4n) is 1.63. The van der Waals surface area contributed by atoms with Gasteiger partial charge in [-0.2, -0.15) is 0 Å². The van der Waals surface area contributed by atoms with Crippen molar-refractivity contribution in [1.29, 1.82) is 0 Å². The highest BCUT2D eigenvalue weighted by atomic mass is 32.2. The maximum Gasteiger partial charge on any atom is 0.209 e. The van der Waals surface area contributed by atoms with Crippen LogP contribution in [-0.2, 0) is 0 Å². The highest BCUT2D eigenvalue weighted by Gasteiger charge is 2.19. The Morgan fingerprint density at radius 1 is 1.25 bits per heavy atom. The summed E-state index contributed by atoms with van der Waals surface area (Å²) in [6.07, 6.45) is 0. The van der Waals surface area contributed by atoms with Gasteiger partial charge in [0.1, 0.15) is 11.6 Å². The van der Waals surface area contributed by atoms with E-state index in [0.29, 0.717) is 10.7 Å². The van der Waals surface area contributed by atoms with Crippen molar-refractivity contribution in [3.8, 4) is 0 Å². The monoisotopic (exact) mass is 293 g/mol. The first-order valence-electron chi connectivity index (χ1n) is 6.36. The fraction of sp³-hybridized carbons (Fsp3) is 0.357. The summed E-state index contributed by atoms with van der Waals surface area (Å²) < 4.78 is 12.8. The quantitative estimate of drug-likeness (QED) is 0.678. The van der Waals surface area contributed by atoms with Gasteiger partial charge in [0.2, 0.25) is 5.16 Å². The standard InChI is InChI=1S/C14H16FN3OS/c1-8(2)13-16-14(18-17-13)20-9(3)12(19)10-4-6-11(15)7-5-10/h4-9H,1-3H3,(H,16,17,18). The van der Waals surface area contributed by atoms with Crippen LogP contribution in [0.15, 0.2) is 29.4 Å². The Hall–Kier alpha value is -1.69. The predicted molar refractivity (Wildman–Crippen MR) is 76.5 cm³/mol. The highest BCUT2D eigenvalue weighted by molar-refractivity contribution is 8.00. The second kappa shape index (κ2) is 6.17. The number of thioether (sulfide) groups is 1. The lowest BCUT2D eigenvalue weighted by molar-refractivity contribution is 0.0994. The lowest BCUT2D eigenvalue weighted by Crippen LogP contribution is -2.13. The van der Waals surface area contributed by atoms with Crippen LogP contribution in [0.5, 0.6) is 0 Å². The normalized spacial score (nSPS) is 12.7. The molecular weight excluding hydrogens is 277 g/mol. The summed E-state index contributed by atoms with van der Waals surface area (Å²) in [5.74, 6) is 0.650. The molecule has 0 radical (unpaired) electrons. The first-order chi connectivity index (χ1) is 9.47.